The topological polar surface area (TPSA) is 74.9 Å². The summed E-state index contributed by atoms with van der Waals surface area (Å²) in [5.41, 5.74) is 1.84. The number of fused-ring (bicyclic) bond motifs is 1. The number of aromatic amines is 1. The molecule has 2 heterocycles. The van der Waals surface area contributed by atoms with Gasteiger partial charge >= 0.3 is 0 Å². The van der Waals surface area contributed by atoms with Crippen LogP contribution in [0.25, 0.3) is 22.5 Å². The molecule has 6 heteroatoms. The zero-order chi connectivity index (χ0) is 12.4. The molecule has 1 aromatic carbocycles. The Bertz CT molecular complexity index is 629. The Balaban J connectivity index is 1.91. The van der Waals surface area contributed by atoms with E-state index in [0.29, 0.717) is 16.9 Å². The Hall–Kier alpha value is -1.79. The van der Waals surface area contributed by atoms with E-state index < -0.39 is 0 Å². The van der Waals surface area contributed by atoms with Crippen molar-refractivity contribution in [2.45, 2.75) is 5.22 Å². The van der Waals surface area contributed by atoms with E-state index in [4.69, 9.17) is 9.52 Å². The third kappa shape index (κ3) is 2.12. The van der Waals surface area contributed by atoms with Crippen LogP contribution in [0.2, 0.25) is 0 Å². The van der Waals surface area contributed by atoms with Crippen molar-refractivity contribution >= 4 is 22.7 Å². The first-order valence-corrected chi connectivity index (χ1v) is 6.50. The number of aromatic nitrogens is 3. The van der Waals surface area contributed by atoms with Gasteiger partial charge < -0.3 is 14.5 Å². The average molecular weight is 261 g/mol. The smallest absolute Gasteiger partial charge is 0.276 e. The fourth-order valence-corrected chi connectivity index (χ4v) is 2.20. The van der Waals surface area contributed by atoms with Gasteiger partial charge in [-0.25, -0.2) is 0 Å². The van der Waals surface area contributed by atoms with E-state index in [1.165, 1.54) is 11.8 Å². The molecular formula is C12H11N3O2S. The number of nitrogens with zero attached hydrogens (tertiary/aromatic N) is 2. The molecule has 3 rings (SSSR count). The van der Waals surface area contributed by atoms with E-state index in [-0.39, 0.29) is 6.61 Å². The quantitative estimate of drug-likeness (QED) is 0.705. The monoisotopic (exact) mass is 261 g/mol. The fourth-order valence-electron chi connectivity index (χ4n) is 1.70. The first-order valence-electron chi connectivity index (χ1n) is 5.52. The molecule has 2 N–H and O–H groups in total. The van der Waals surface area contributed by atoms with Crippen LogP contribution in [0.1, 0.15) is 0 Å². The van der Waals surface area contributed by atoms with Crippen LogP contribution < -0.4 is 0 Å². The van der Waals surface area contributed by atoms with Crippen LogP contribution in [0.15, 0.2) is 40.0 Å². The molecule has 0 unspecified atom stereocenters. The minimum absolute atomic E-state index is 0.0920. The predicted molar refractivity (Wildman–Crippen MR) is 69.4 cm³/mol. The molecule has 5 nitrogen and oxygen atoms in total. The Morgan fingerprint density at radius 2 is 2.17 bits per heavy atom. The highest BCUT2D eigenvalue weighted by Gasteiger charge is 2.11. The molecule has 3 aromatic rings. The molecule has 0 bridgehead atoms. The van der Waals surface area contributed by atoms with Crippen molar-refractivity contribution in [3.8, 4) is 11.6 Å². The molecule has 2 aromatic heterocycles. The summed E-state index contributed by atoms with van der Waals surface area (Å²) in [5, 5.41) is 18.2. The lowest BCUT2D eigenvalue weighted by Gasteiger charge is -1.89. The first kappa shape index (κ1) is 11.3. The number of benzene rings is 1. The van der Waals surface area contributed by atoms with Gasteiger partial charge in [0.05, 0.1) is 6.61 Å². The third-order valence-corrected chi connectivity index (χ3v) is 3.28. The number of H-pyrrole nitrogens is 1. The molecule has 92 valence electrons. The summed E-state index contributed by atoms with van der Waals surface area (Å²) in [5.74, 6) is 1.01. The van der Waals surface area contributed by atoms with Gasteiger partial charge in [0.1, 0.15) is 5.69 Å². The fraction of sp³-hybridized carbons (Fsp3) is 0.167. The Morgan fingerprint density at radius 3 is 3.00 bits per heavy atom. The van der Waals surface area contributed by atoms with Crippen LogP contribution in [0.3, 0.4) is 0 Å². The predicted octanol–water partition coefficient (Wildman–Crippen LogP) is 2.30. The highest BCUT2D eigenvalue weighted by atomic mass is 32.2. The average Bonchev–Trinajstić information content (AvgIpc) is 3.02. The third-order valence-electron chi connectivity index (χ3n) is 2.48. The van der Waals surface area contributed by atoms with Crippen molar-refractivity contribution in [1.82, 2.24) is 15.2 Å². The van der Waals surface area contributed by atoms with Crippen molar-refractivity contribution in [3.05, 3.63) is 30.3 Å². The Labute approximate surface area is 107 Å². The number of rotatable bonds is 4. The van der Waals surface area contributed by atoms with E-state index in [1.54, 1.807) is 0 Å². The molecule has 0 saturated heterocycles. The van der Waals surface area contributed by atoms with Crippen molar-refractivity contribution in [1.29, 1.82) is 0 Å². The highest BCUT2D eigenvalue weighted by Crippen LogP contribution is 2.25. The van der Waals surface area contributed by atoms with Crippen molar-refractivity contribution in [2.75, 3.05) is 12.4 Å². The van der Waals surface area contributed by atoms with Gasteiger partial charge in [-0.3, -0.25) is 0 Å². The standard InChI is InChI=1S/C12H11N3O2S/c16-5-6-18-12-15-14-11(17-12)10-7-8-3-1-2-4-9(8)13-10/h1-4,7,13,16H,5-6H2. The lowest BCUT2D eigenvalue weighted by atomic mass is 10.2. The van der Waals surface area contributed by atoms with Gasteiger partial charge in [-0.05, 0) is 12.1 Å². The minimum atomic E-state index is 0.0920. The molecule has 0 spiro atoms. The van der Waals surface area contributed by atoms with Crippen LogP contribution in [0.5, 0.6) is 0 Å². The zero-order valence-corrected chi connectivity index (χ0v) is 10.3. The maximum atomic E-state index is 8.73. The second kappa shape index (κ2) is 4.83. The number of aliphatic hydroxyl groups excluding tert-OH is 1. The molecule has 0 fully saturated rings. The number of para-hydroxylation sites is 1. The van der Waals surface area contributed by atoms with Crippen LogP contribution in [0, 0.1) is 0 Å². The maximum absolute atomic E-state index is 8.73. The van der Waals surface area contributed by atoms with Gasteiger partial charge in [0, 0.05) is 16.7 Å². The Kier molecular flexibility index (Phi) is 3.04. The van der Waals surface area contributed by atoms with Gasteiger partial charge in [0.2, 0.25) is 0 Å². The largest absolute Gasteiger partial charge is 0.410 e. The SMILES string of the molecule is OCCSc1nnc(-c2cc3ccccc3[nH]2)o1. The molecule has 0 aliphatic rings. The highest BCUT2D eigenvalue weighted by molar-refractivity contribution is 7.99. The molecule has 0 atom stereocenters. The molecule has 0 aliphatic carbocycles. The van der Waals surface area contributed by atoms with Crippen LogP contribution in [0.4, 0.5) is 0 Å². The Morgan fingerprint density at radius 1 is 1.28 bits per heavy atom. The van der Waals surface area contributed by atoms with Gasteiger partial charge in [-0.15, -0.1) is 10.2 Å². The summed E-state index contributed by atoms with van der Waals surface area (Å²) in [6.07, 6.45) is 0. The van der Waals surface area contributed by atoms with E-state index >= 15 is 0 Å². The van der Waals surface area contributed by atoms with Gasteiger partial charge in [0.25, 0.3) is 11.1 Å². The van der Waals surface area contributed by atoms with E-state index in [2.05, 4.69) is 15.2 Å². The lowest BCUT2D eigenvalue weighted by Crippen LogP contribution is -1.84. The normalized spacial score (nSPS) is 11.2. The molecule has 0 radical (unpaired) electrons. The number of nitrogens with one attached hydrogen (secondary N) is 1. The number of thioether (sulfide) groups is 1. The van der Waals surface area contributed by atoms with Crippen molar-refractivity contribution in [3.63, 3.8) is 0 Å². The number of aliphatic hydroxyl groups is 1. The van der Waals surface area contributed by atoms with Gasteiger partial charge in [-0.1, -0.05) is 30.0 Å². The summed E-state index contributed by atoms with van der Waals surface area (Å²) >= 11 is 1.34. The number of hydrogen-bond donors (Lipinski definition) is 2. The summed E-state index contributed by atoms with van der Waals surface area (Å²) in [7, 11) is 0. The summed E-state index contributed by atoms with van der Waals surface area (Å²) < 4.78 is 5.50. The number of hydrogen-bond acceptors (Lipinski definition) is 5. The molecule has 0 aliphatic heterocycles. The van der Waals surface area contributed by atoms with Crippen LogP contribution >= 0.6 is 11.8 Å². The maximum Gasteiger partial charge on any atom is 0.276 e. The second-order valence-corrected chi connectivity index (χ2v) is 4.76. The van der Waals surface area contributed by atoms with Crippen LogP contribution in [-0.4, -0.2) is 32.6 Å². The second-order valence-electron chi connectivity index (χ2n) is 3.72. The molecular weight excluding hydrogens is 250 g/mol. The van der Waals surface area contributed by atoms with Crippen LogP contribution in [-0.2, 0) is 0 Å². The van der Waals surface area contributed by atoms with Gasteiger partial charge in [0.15, 0.2) is 0 Å². The molecule has 18 heavy (non-hydrogen) atoms. The first-order chi connectivity index (χ1) is 8.86. The van der Waals surface area contributed by atoms with Crippen molar-refractivity contribution in [2.24, 2.45) is 0 Å². The molecule has 0 amide bonds. The van der Waals surface area contributed by atoms with E-state index in [0.717, 1.165) is 16.6 Å². The summed E-state index contributed by atoms with van der Waals surface area (Å²) in [6, 6.07) is 9.95. The summed E-state index contributed by atoms with van der Waals surface area (Å²) in [4.78, 5) is 3.23. The van der Waals surface area contributed by atoms with E-state index in [1.807, 2.05) is 30.3 Å². The lowest BCUT2D eigenvalue weighted by molar-refractivity contribution is 0.322. The van der Waals surface area contributed by atoms with Crippen molar-refractivity contribution < 1.29 is 9.52 Å². The van der Waals surface area contributed by atoms with E-state index in [9.17, 15) is 0 Å². The van der Waals surface area contributed by atoms with Gasteiger partial charge in [-0.2, -0.15) is 0 Å². The zero-order valence-electron chi connectivity index (χ0n) is 9.46. The minimum Gasteiger partial charge on any atom is -0.410 e. The molecule has 0 saturated carbocycles. The summed E-state index contributed by atoms with van der Waals surface area (Å²) in [6.45, 7) is 0.0920.